The zero-order valence-corrected chi connectivity index (χ0v) is 9.63. The fourth-order valence-electron chi connectivity index (χ4n) is 1.98. The second-order valence-electron chi connectivity index (χ2n) is 4.20. The molecule has 94 valence electrons. The van der Waals surface area contributed by atoms with Gasteiger partial charge in [-0.2, -0.15) is 0 Å². The standard InChI is InChI=1S/C10H17N5O2/c11-4-3-8-13-14-10(17-8)15-5-1-2-7(6-15)9(12)16/h7H,1-6,11H2,(H2,12,16). The minimum atomic E-state index is -0.267. The first-order chi connectivity index (χ1) is 8.20. The predicted octanol–water partition coefficient (Wildman–Crippen LogP) is -0.727. The lowest BCUT2D eigenvalue weighted by atomic mass is 9.98. The van der Waals surface area contributed by atoms with Crippen LogP contribution in [0.15, 0.2) is 4.42 Å². The van der Waals surface area contributed by atoms with E-state index in [-0.39, 0.29) is 11.8 Å². The molecule has 1 amide bonds. The number of amides is 1. The Bertz CT molecular complexity index is 392. The largest absolute Gasteiger partial charge is 0.408 e. The summed E-state index contributed by atoms with van der Waals surface area (Å²) in [6.07, 6.45) is 2.30. The van der Waals surface area contributed by atoms with Crippen molar-refractivity contribution in [2.75, 3.05) is 24.5 Å². The van der Waals surface area contributed by atoms with Crippen LogP contribution in [0.3, 0.4) is 0 Å². The smallest absolute Gasteiger partial charge is 0.318 e. The minimum Gasteiger partial charge on any atom is -0.408 e. The third-order valence-corrected chi connectivity index (χ3v) is 2.91. The van der Waals surface area contributed by atoms with E-state index in [2.05, 4.69) is 10.2 Å². The number of piperidine rings is 1. The van der Waals surface area contributed by atoms with Gasteiger partial charge in [0.1, 0.15) is 0 Å². The molecular formula is C10H17N5O2. The van der Waals surface area contributed by atoms with E-state index in [0.717, 1.165) is 19.4 Å². The number of nitrogens with two attached hydrogens (primary N) is 2. The van der Waals surface area contributed by atoms with Gasteiger partial charge in [0, 0.05) is 26.1 Å². The first-order valence-electron chi connectivity index (χ1n) is 5.77. The molecule has 1 saturated heterocycles. The molecule has 1 aliphatic heterocycles. The molecule has 0 bridgehead atoms. The lowest BCUT2D eigenvalue weighted by Gasteiger charge is -2.29. The molecule has 1 aliphatic rings. The molecule has 0 saturated carbocycles. The Balaban J connectivity index is 2.02. The summed E-state index contributed by atoms with van der Waals surface area (Å²) >= 11 is 0. The van der Waals surface area contributed by atoms with E-state index in [4.69, 9.17) is 15.9 Å². The van der Waals surface area contributed by atoms with Crippen molar-refractivity contribution < 1.29 is 9.21 Å². The highest BCUT2D eigenvalue weighted by Crippen LogP contribution is 2.21. The number of hydrogen-bond donors (Lipinski definition) is 2. The van der Waals surface area contributed by atoms with Crippen LogP contribution in [0.1, 0.15) is 18.7 Å². The summed E-state index contributed by atoms with van der Waals surface area (Å²) in [6, 6.07) is 0.458. The lowest BCUT2D eigenvalue weighted by molar-refractivity contribution is -0.122. The molecule has 0 aliphatic carbocycles. The number of carbonyl (C=O) groups excluding carboxylic acids is 1. The van der Waals surface area contributed by atoms with Crippen molar-refractivity contribution in [1.82, 2.24) is 10.2 Å². The van der Waals surface area contributed by atoms with Crippen LogP contribution in [0.5, 0.6) is 0 Å². The van der Waals surface area contributed by atoms with E-state index < -0.39 is 0 Å². The Labute approximate surface area is 99.1 Å². The van der Waals surface area contributed by atoms with Gasteiger partial charge in [0.05, 0.1) is 5.92 Å². The molecular weight excluding hydrogens is 222 g/mol. The molecule has 1 atom stereocenters. The molecule has 1 aromatic rings. The SMILES string of the molecule is NCCc1nnc(N2CCCC(C(N)=O)C2)o1. The van der Waals surface area contributed by atoms with Crippen LogP contribution >= 0.6 is 0 Å². The summed E-state index contributed by atoms with van der Waals surface area (Å²) in [5.41, 5.74) is 10.7. The average molecular weight is 239 g/mol. The summed E-state index contributed by atoms with van der Waals surface area (Å²) in [4.78, 5) is 13.1. The topological polar surface area (TPSA) is 111 Å². The fourth-order valence-corrected chi connectivity index (χ4v) is 1.98. The minimum absolute atomic E-state index is 0.131. The lowest BCUT2D eigenvalue weighted by Crippen LogP contribution is -2.41. The Morgan fingerprint density at radius 3 is 3.06 bits per heavy atom. The molecule has 4 N–H and O–H groups in total. The van der Waals surface area contributed by atoms with Crippen LogP contribution < -0.4 is 16.4 Å². The van der Waals surface area contributed by atoms with Crippen LogP contribution in [0.25, 0.3) is 0 Å². The summed E-state index contributed by atoms with van der Waals surface area (Å²) in [5, 5.41) is 7.85. The van der Waals surface area contributed by atoms with Crippen LogP contribution in [-0.4, -0.2) is 35.7 Å². The van der Waals surface area contributed by atoms with Crippen molar-refractivity contribution in [2.45, 2.75) is 19.3 Å². The number of primary amides is 1. The fraction of sp³-hybridized carbons (Fsp3) is 0.700. The average Bonchev–Trinajstić information content (AvgIpc) is 2.78. The monoisotopic (exact) mass is 239 g/mol. The van der Waals surface area contributed by atoms with E-state index in [0.29, 0.717) is 31.4 Å². The zero-order valence-electron chi connectivity index (χ0n) is 9.63. The van der Waals surface area contributed by atoms with Crippen molar-refractivity contribution in [2.24, 2.45) is 17.4 Å². The van der Waals surface area contributed by atoms with Crippen LogP contribution in [-0.2, 0) is 11.2 Å². The third-order valence-electron chi connectivity index (χ3n) is 2.91. The zero-order chi connectivity index (χ0) is 12.3. The Morgan fingerprint density at radius 1 is 1.53 bits per heavy atom. The summed E-state index contributed by atoms with van der Waals surface area (Å²) in [7, 11) is 0. The molecule has 7 heteroatoms. The molecule has 0 spiro atoms. The van der Waals surface area contributed by atoms with Crippen molar-refractivity contribution in [3.05, 3.63) is 5.89 Å². The Morgan fingerprint density at radius 2 is 2.35 bits per heavy atom. The van der Waals surface area contributed by atoms with Crippen molar-refractivity contribution in [1.29, 1.82) is 0 Å². The molecule has 0 radical (unpaired) electrons. The molecule has 2 rings (SSSR count). The van der Waals surface area contributed by atoms with Crippen LogP contribution in [0.4, 0.5) is 6.01 Å². The molecule has 1 fully saturated rings. The summed E-state index contributed by atoms with van der Waals surface area (Å²) < 4.78 is 5.46. The Kier molecular flexibility index (Phi) is 3.58. The van der Waals surface area contributed by atoms with Gasteiger partial charge in [-0.25, -0.2) is 0 Å². The molecule has 0 aromatic carbocycles. The Hall–Kier alpha value is -1.63. The van der Waals surface area contributed by atoms with Crippen molar-refractivity contribution in [3.63, 3.8) is 0 Å². The maximum atomic E-state index is 11.2. The van der Waals surface area contributed by atoms with E-state index in [1.165, 1.54) is 0 Å². The van der Waals surface area contributed by atoms with Gasteiger partial charge in [-0.1, -0.05) is 5.10 Å². The normalized spacial score (nSPS) is 20.5. The van der Waals surface area contributed by atoms with E-state index in [1.54, 1.807) is 0 Å². The number of anilines is 1. The molecule has 2 heterocycles. The highest BCUT2D eigenvalue weighted by atomic mass is 16.4. The predicted molar refractivity (Wildman–Crippen MR) is 61.2 cm³/mol. The van der Waals surface area contributed by atoms with E-state index in [1.807, 2.05) is 4.90 Å². The van der Waals surface area contributed by atoms with Crippen LogP contribution in [0.2, 0.25) is 0 Å². The second kappa shape index (κ2) is 5.13. The quantitative estimate of drug-likeness (QED) is 0.716. The van der Waals surface area contributed by atoms with Gasteiger partial charge in [-0.3, -0.25) is 4.79 Å². The van der Waals surface area contributed by atoms with Gasteiger partial charge < -0.3 is 20.8 Å². The van der Waals surface area contributed by atoms with Gasteiger partial charge in [0.2, 0.25) is 11.8 Å². The van der Waals surface area contributed by atoms with E-state index >= 15 is 0 Å². The first kappa shape index (κ1) is 11.8. The molecule has 1 unspecified atom stereocenters. The molecule has 7 nitrogen and oxygen atoms in total. The summed E-state index contributed by atoms with van der Waals surface area (Å²) in [6.45, 7) is 1.85. The second-order valence-corrected chi connectivity index (χ2v) is 4.20. The number of carbonyl (C=O) groups is 1. The number of aromatic nitrogens is 2. The molecule has 17 heavy (non-hydrogen) atoms. The molecule has 1 aromatic heterocycles. The number of rotatable bonds is 4. The summed E-state index contributed by atoms with van der Waals surface area (Å²) in [5.74, 6) is 0.133. The van der Waals surface area contributed by atoms with Gasteiger partial charge in [-0.05, 0) is 12.8 Å². The highest BCUT2D eigenvalue weighted by Gasteiger charge is 2.26. The maximum absolute atomic E-state index is 11.2. The highest BCUT2D eigenvalue weighted by molar-refractivity contribution is 5.77. The van der Waals surface area contributed by atoms with Gasteiger partial charge >= 0.3 is 6.01 Å². The number of hydrogen-bond acceptors (Lipinski definition) is 6. The number of nitrogens with zero attached hydrogens (tertiary/aromatic N) is 3. The van der Waals surface area contributed by atoms with E-state index in [9.17, 15) is 4.79 Å². The maximum Gasteiger partial charge on any atom is 0.318 e. The van der Waals surface area contributed by atoms with Crippen molar-refractivity contribution >= 4 is 11.9 Å². The van der Waals surface area contributed by atoms with Gasteiger partial charge in [0.25, 0.3) is 0 Å². The first-order valence-corrected chi connectivity index (χ1v) is 5.77. The third kappa shape index (κ3) is 2.73. The van der Waals surface area contributed by atoms with Gasteiger partial charge in [0.15, 0.2) is 0 Å². The van der Waals surface area contributed by atoms with Gasteiger partial charge in [-0.15, -0.1) is 5.10 Å². The van der Waals surface area contributed by atoms with Crippen LogP contribution in [0, 0.1) is 5.92 Å². The van der Waals surface area contributed by atoms with Crippen molar-refractivity contribution in [3.8, 4) is 0 Å².